The van der Waals surface area contributed by atoms with E-state index in [2.05, 4.69) is 0 Å². The number of nitriles is 1. The molecule has 2 aromatic carbocycles. The average molecular weight is 290 g/mol. The van der Waals surface area contributed by atoms with Crippen LogP contribution in [0.5, 0.6) is 0 Å². The maximum atomic E-state index is 12.1. The van der Waals surface area contributed by atoms with Crippen molar-refractivity contribution in [1.29, 1.82) is 5.26 Å². The highest BCUT2D eigenvalue weighted by Crippen LogP contribution is 2.20. The lowest BCUT2D eigenvalue weighted by atomic mass is 10.2. The quantitative estimate of drug-likeness (QED) is 0.862. The van der Waals surface area contributed by atoms with E-state index in [9.17, 15) is 4.21 Å². The Balaban J connectivity index is 2.05. The van der Waals surface area contributed by atoms with Gasteiger partial charge < -0.3 is 0 Å². The third kappa shape index (κ3) is 3.92. The lowest BCUT2D eigenvalue weighted by Crippen LogP contribution is -2.00. The van der Waals surface area contributed by atoms with Gasteiger partial charge >= 0.3 is 0 Å². The van der Waals surface area contributed by atoms with Gasteiger partial charge in [0, 0.05) is 21.6 Å². The van der Waals surface area contributed by atoms with Crippen molar-refractivity contribution in [1.82, 2.24) is 0 Å². The molecule has 0 aromatic heterocycles. The molecule has 2 nitrogen and oxygen atoms in total. The molecule has 0 saturated heterocycles. The van der Waals surface area contributed by atoms with Gasteiger partial charge in [0.2, 0.25) is 0 Å². The smallest absolute Gasteiger partial charge is 0.0992 e. The Morgan fingerprint density at radius 3 is 2.47 bits per heavy atom. The minimum Gasteiger partial charge on any atom is -0.259 e. The first-order valence-electron chi connectivity index (χ1n) is 5.76. The average Bonchev–Trinajstić information content (AvgIpc) is 2.42. The van der Waals surface area contributed by atoms with Crippen molar-refractivity contribution in [3.05, 3.63) is 70.2 Å². The van der Waals surface area contributed by atoms with Crippen molar-refractivity contribution in [3.63, 3.8) is 0 Å². The summed E-state index contributed by atoms with van der Waals surface area (Å²) in [4.78, 5) is 0. The van der Waals surface area contributed by atoms with E-state index >= 15 is 0 Å². The highest BCUT2D eigenvalue weighted by molar-refractivity contribution is 7.83. The number of benzene rings is 2. The van der Waals surface area contributed by atoms with Gasteiger partial charge in [0.15, 0.2) is 0 Å². The summed E-state index contributed by atoms with van der Waals surface area (Å²) in [5, 5.41) is 9.26. The molecule has 1 unspecified atom stereocenters. The van der Waals surface area contributed by atoms with Gasteiger partial charge in [-0.25, -0.2) is 0 Å². The molecule has 1 atom stereocenters. The van der Waals surface area contributed by atoms with Crippen LogP contribution in [0, 0.1) is 11.3 Å². The molecule has 0 fully saturated rings. The predicted octanol–water partition coefficient (Wildman–Crippen LogP) is 3.66. The fraction of sp³-hybridized carbons (Fsp3) is 0.133. The first-order chi connectivity index (χ1) is 9.19. The second-order valence-corrected chi connectivity index (χ2v) is 6.00. The molecule has 0 aliphatic carbocycles. The van der Waals surface area contributed by atoms with Crippen molar-refractivity contribution in [3.8, 4) is 6.07 Å². The van der Waals surface area contributed by atoms with Gasteiger partial charge in [-0.3, -0.25) is 4.21 Å². The van der Waals surface area contributed by atoms with Crippen LogP contribution >= 0.6 is 11.6 Å². The topological polar surface area (TPSA) is 40.9 Å². The maximum absolute atomic E-state index is 12.1. The Morgan fingerprint density at radius 2 is 1.84 bits per heavy atom. The second-order valence-electron chi connectivity index (χ2n) is 4.13. The number of rotatable bonds is 4. The summed E-state index contributed by atoms with van der Waals surface area (Å²) in [7, 11) is -1.01. The van der Waals surface area contributed by atoms with Crippen LogP contribution in [0.3, 0.4) is 0 Å². The van der Waals surface area contributed by atoms with Gasteiger partial charge in [-0.1, -0.05) is 48.0 Å². The van der Waals surface area contributed by atoms with Crippen LogP contribution in [0.1, 0.15) is 16.7 Å². The number of halogens is 1. The summed E-state index contributed by atoms with van der Waals surface area (Å²) in [5.74, 6) is 0.913. The van der Waals surface area contributed by atoms with Crippen molar-refractivity contribution in [2.75, 3.05) is 0 Å². The molecule has 19 heavy (non-hydrogen) atoms. The molecule has 0 N–H and O–H groups in total. The zero-order valence-corrected chi connectivity index (χ0v) is 11.7. The third-order valence-electron chi connectivity index (χ3n) is 2.67. The highest BCUT2D eigenvalue weighted by Gasteiger charge is 2.07. The fourth-order valence-corrected chi connectivity index (χ4v) is 3.31. The Bertz CT molecular complexity index is 634. The van der Waals surface area contributed by atoms with E-state index in [0.717, 1.165) is 11.1 Å². The first-order valence-corrected chi connectivity index (χ1v) is 7.63. The molecule has 2 aromatic rings. The molecular weight excluding hydrogens is 278 g/mol. The van der Waals surface area contributed by atoms with Crippen molar-refractivity contribution in [2.24, 2.45) is 0 Å². The summed E-state index contributed by atoms with van der Waals surface area (Å²) in [6, 6.07) is 16.8. The van der Waals surface area contributed by atoms with Crippen molar-refractivity contribution < 1.29 is 4.21 Å². The number of hydrogen-bond donors (Lipinski definition) is 0. The Hall–Kier alpha value is -1.63. The Labute approximate surface area is 120 Å². The first kappa shape index (κ1) is 13.8. The molecule has 0 bridgehead atoms. The van der Waals surface area contributed by atoms with E-state index in [1.165, 1.54) is 0 Å². The molecule has 0 radical (unpaired) electrons. The Morgan fingerprint density at radius 1 is 1.11 bits per heavy atom. The molecule has 0 aliphatic rings. The van der Waals surface area contributed by atoms with Crippen LogP contribution in [0.2, 0.25) is 5.02 Å². The van der Waals surface area contributed by atoms with Gasteiger partial charge in [0.1, 0.15) is 0 Å². The van der Waals surface area contributed by atoms with Crippen LogP contribution in [-0.2, 0) is 22.3 Å². The van der Waals surface area contributed by atoms with E-state index in [1.54, 1.807) is 18.2 Å². The van der Waals surface area contributed by atoms with Gasteiger partial charge in [-0.2, -0.15) is 5.26 Å². The molecule has 2 rings (SSSR count). The Kier molecular flexibility index (Phi) is 4.73. The van der Waals surface area contributed by atoms with Gasteiger partial charge in [-0.15, -0.1) is 0 Å². The molecule has 0 saturated carbocycles. The summed E-state index contributed by atoms with van der Waals surface area (Å²) >= 11 is 6.07. The summed E-state index contributed by atoms with van der Waals surface area (Å²) in [6.07, 6.45) is 0. The normalized spacial score (nSPS) is 11.8. The van der Waals surface area contributed by atoms with Crippen LogP contribution in [0.4, 0.5) is 0 Å². The molecule has 96 valence electrons. The summed E-state index contributed by atoms with van der Waals surface area (Å²) in [6.45, 7) is 0. The standard InChI is InChI=1S/C15H12ClNOS/c16-15-8-13(9-17)6-7-14(15)11-19(18)10-12-4-2-1-3-5-12/h1-8H,10-11H2. The van der Waals surface area contributed by atoms with Gasteiger partial charge in [0.25, 0.3) is 0 Å². The molecule has 4 heteroatoms. The van der Waals surface area contributed by atoms with Crippen LogP contribution in [0.15, 0.2) is 48.5 Å². The van der Waals surface area contributed by atoms with Gasteiger partial charge in [-0.05, 0) is 23.3 Å². The van der Waals surface area contributed by atoms with Gasteiger partial charge in [0.05, 0.1) is 17.4 Å². The zero-order chi connectivity index (χ0) is 13.7. The minimum absolute atomic E-state index is 0.402. The fourth-order valence-electron chi connectivity index (χ4n) is 1.72. The predicted molar refractivity (Wildman–Crippen MR) is 78.2 cm³/mol. The third-order valence-corrected chi connectivity index (χ3v) is 4.31. The van der Waals surface area contributed by atoms with Crippen LogP contribution in [-0.4, -0.2) is 4.21 Å². The van der Waals surface area contributed by atoms with Crippen LogP contribution < -0.4 is 0 Å². The summed E-state index contributed by atoms with van der Waals surface area (Å²) < 4.78 is 12.1. The lowest BCUT2D eigenvalue weighted by molar-refractivity contribution is 0.682. The lowest BCUT2D eigenvalue weighted by Gasteiger charge is -2.05. The zero-order valence-electron chi connectivity index (χ0n) is 10.2. The SMILES string of the molecule is N#Cc1ccc(CS(=O)Cc2ccccc2)c(Cl)c1. The molecule has 0 amide bonds. The molecule has 0 heterocycles. The van der Waals surface area contributed by atoms with E-state index in [-0.39, 0.29) is 0 Å². The largest absolute Gasteiger partial charge is 0.259 e. The molecule has 0 aliphatic heterocycles. The molecular formula is C15H12ClNOS. The monoisotopic (exact) mass is 289 g/mol. The minimum atomic E-state index is -1.01. The number of nitrogens with zero attached hydrogens (tertiary/aromatic N) is 1. The van der Waals surface area contributed by atoms with Crippen molar-refractivity contribution in [2.45, 2.75) is 11.5 Å². The molecule has 0 spiro atoms. The maximum Gasteiger partial charge on any atom is 0.0992 e. The van der Waals surface area contributed by atoms with E-state index in [0.29, 0.717) is 22.1 Å². The number of hydrogen-bond acceptors (Lipinski definition) is 2. The van der Waals surface area contributed by atoms with E-state index in [4.69, 9.17) is 16.9 Å². The van der Waals surface area contributed by atoms with E-state index < -0.39 is 10.8 Å². The van der Waals surface area contributed by atoms with Crippen molar-refractivity contribution >= 4 is 22.4 Å². The van der Waals surface area contributed by atoms with Crippen LogP contribution in [0.25, 0.3) is 0 Å². The summed E-state index contributed by atoms with van der Waals surface area (Å²) in [5.41, 5.74) is 2.38. The van der Waals surface area contributed by atoms with E-state index in [1.807, 2.05) is 36.4 Å². The highest BCUT2D eigenvalue weighted by atomic mass is 35.5. The second kappa shape index (κ2) is 6.51.